The molecule has 4 rings (SSSR count). The van der Waals surface area contributed by atoms with E-state index in [1.165, 1.54) is 72.8 Å². The summed E-state index contributed by atoms with van der Waals surface area (Å²) in [5.74, 6) is -5.21. The van der Waals surface area contributed by atoms with Crippen LogP contribution in [-0.2, 0) is 0 Å². The van der Waals surface area contributed by atoms with E-state index in [2.05, 4.69) is 0 Å². The van der Waals surface area contributed by atoms with Gasteiger partial charge in [0.15, 0.2) is 0 Å². The van der Waals surface area contributed by atoms with Crippen molar-refractivity contribution in [3.8, 4) is 0 Å². The number of benzene rings is 4. The molecule has 0 fully saturated rings. The van der Waals surface area contributed by atoms with E-state index in [4.69, 9.17) is 0 Å². The molecule has 8 heteroatoms. The molecular formula is C30H20O8. The van der Waals surface area contributed by atoms with Crippen molar-refractivity contribution in [1.29, 1.82) is 0 Å². The van der Waals surface area contributed by atoms with Gasteiger partial charge in [-0.1, -0.05) is 72.8 Å². The monoisotopic (exact) mass is 508 g/mol. The third-order valence-electron chi connectivity index (χ3n) is 5.96. The Balaban J connectivity index is 2.36. The fourth-order valence-electron chi connectivity index (χ4n) is 4.38. The molecule has 0 aliphatic heterocycles. The molecule has 0 aliphatic rings. The second-order valence-corrected chi connectivity index (χ2v) is 8.15. The molecule has 0 atom stereocenters. The third-order valence-corrected chi connectivity index (χ3v) is 5.96. The summed E-state index contributed by atoms with van der Waals surface area (Å²) in [6, 6.07) is 23.5. The maximum atomic E-state index is 12.3. The van der Waals surface area contributed by atoms with Gasteiger partial charge in [-0.3, -0.25) is 0 Å². The standard InChI is InChI=1S/C30H20O8/c31-27(32)21-13-5-1-9-17(21)25(18-10-2-6-14-22(18)28(33)34)26(19-11-3-7-15-23(19)29(35)36)20-12-4-8-16-24(20)30(37)38/h1-16H,(H,31,32)(H,33,34)(H,35,36)(H,37,38). The van der Waals surface area contributed by atoms with Crippen molar-refractivity contribution in [1.82, 2.24) is 0 Å². The van der Waals surface area contributed by atoms with E-state index in [1.54, 1.807) is 24.3 Å². The van der Waals surface area contributed by atoms with Crippen LogP contribution in [0.5, 0.6) is 0 Å². The van der Waals surface area contributed by atoms with E-state index >= 15 is 0 Å². The lowest BCUT2D eigenvalue weighted by Gasteiger charge is -2.22. The third kappa shape index (κ3) is 4.78. The molecule has 0 radical (unpaired) electrons. The van der Waals surface area contributed by atoms with E-state index < -0.39 is 23.9 Å². The van der Waals surface area contributed by atoms with Gasteiger partial charge in [0, 0.05) is 0 Å². The van der Waals surface area contributed by atoms with Crippen molar-refractivity contribution in [2.45, 2.75) is 0 Å². The summed E-state index contributed by atoms with van der Waals surface area (Å²) >= 11 is 0. The fourth-order valence-corrected chi connectivity index (χ4v) is 4.38. The summed E-state index contributed by atoms with van der Waals surface area (Å²) in [6.45, 7) is 0. The Morgan fingerprint density at radius 3 is 0.632 bits per heavy atom. The maximum absolute atomic E-state index is 12.3. The highest BCUT2D eigenvalue weighted by Crippen LogP contribution is 2.41. The van der Waals surface area contributed by atoms with Crippen molar-refractivity contribution in [3.63, 3.8) is 0 Å². The maximum Gasteiger partial charge on any atom is 0.336 e. The Hall–Kier alpha value is -5.50. The molecule has 0 spiro atoms. The van der Waals surface area contributed by atoms with Gasteiger partial charge in [-0.2, -0.15) is 0 Å². The molecule has 0 bridgehead atoms. The minimum Gasteiger partial charge on any atom is -0.478 e. The first-order valence-corrected chi connectivity index (χ1v) is 11.3. The van der Waals surface area contributed by atoms with Crippen LogP contribution in [0.4, 0.5) is 0 Å². The lowest BCUT2D eigenvalue weighted by Crippen LogP contribution is -2.12. The lowest BCUT2D eigenvalue weighted by molar-refractivity contribution is 0.0684. The van der Waals surface area contributed by atoms with Gasteiger partial charge in [0.1, 0.15) is 0 Å². The molecule has 4 aromatic carbocycles. The molecule has 38 heavy (non-hydrogen) atoms. The van der Waals surface area contributed by atoms with Gasteiger partial charge in [0.05, 0.1) is 22.3 Å². The van der Waals surface area contributed by atoms with E-state index in [9.17, 15) is 39.6 Å². The number of hydrogen-bond acceptors (Lipinski definition) is 4. The summed E-state index contributed by atoms with van der Waals surface area (Å²) in [6.07, 6.45) is 0. The SMILES string of the molecule is O=C(O)c1ccccc1C(=C(c1ccccc1C(=O)O)c1ccccc1C(=O)O)c1ccccc1C(=O)O. The molecule has 8 nitrogen and oxygen atoms in total. The number of carbonyl (C=O) groups is 4. The smallest absolute Gasteiger partial charge is 0.336 e. The first-order chi connectivity index (χ1) is 18.2. The van der Waals surface area contributed by atoms with E-state index in [0.29, 0.717) is 0 Å². The van der Waals surface area contributed by atoms with Crippen molar-refractivity contribution in [3.05, 3.63) is 142 Å². The average Bonchev–Trinajstić information content (AvgIpc) is 2.91. The number of aromatic carboxylic acids is 4. The van der Waals surface area contributed by atoms with E-state index in [1.807, 2.05) is 0 Å². The lowest BCUT2D eigenvalue weighted by atomic mass is 9.80. The first kappa shape index (κ1) is 25.6. The predicted molar refractivity (Wildman–Crippen MR) is 139 cm³/mol. The summed E-state index contributed by atoms with van der Waals surface area (Å²) in [5, 5.41) is 40.1. The zero-order valence-corrected chi connectivity index (χ0v) is 19.7. The van der Waals surface area contributed by atoms with Crippen molar-refractivity contribution >= 4 is 35.0 Å². The molecular weight excluding hydrogens is 488 g/mol. The molecule has 4 N–H and O–H groups in total. The predicted octanol–water partition coefficient (Wildman–Crippen LogP) is 5.49. The second-order valence-electron chi connectivity index (χ2n) is 8.15. The first-order valence-electron chi connectivity index (χ1n) is 11.3. The number of carboxylic acids is 4. The Morgan fingerprint density at radius 2 is 0.474 bits per heavy atom. The minimum atomic E-state index is -1.30. The van der Waals surface area contributed by atoms with Gasteiger partial charge in [-0.25, -0.2) is 19.2 Å². The topological polar surface area (TPSA) is 149 Å². The number of carboxylic acid groups (broad SMARTS) is 4. The fraction of sp³-hybridized carbons (Fsp3) is 0. The zero-order valence-electron chi connectivity index (χ0n) is 19.7. The van der Waals surface area contributed by atoms with Gasteiger partial charge in [0.2, 0.25) is 0 Å². The number of hydrogen-bond donors (Lipinski definition) is 4. The van der Waals surface area contributed by atoms with Gasteiger partial charge < -0.3 is 20.4 Å². The van der Waals surface area contributed by atoms with Gasteiger partial charge in [-0.05, 0) is 57.7 Å². The summed E-state index contributed by atoms with van der Waals surface area (Å²) in [4.78, 5) is 49.2. The van der Waals surface area contributed by atoms with Crippen LogP contribution in [0.1, 0.15) is 63.7 Å². The Morgan fingerprint density at radius 1 is 0.316 bits per heavy atom. The highest BCUT2D eigenvalue weighted by Gasteiger charge is 2.28. The largest absolute Gasteiger partial charge is 0.478 e. The van der Waals surface area contributed by atoms with Crippen LogP contribution >= 0.6 is 0 Å². The summed E-state index contributed by atoms with van der Waals surface area (Å²) in [7, 11) is 0. The van der Waals surface area contributed by atoms with Crippen LogP contribution in [0.25, 0.3) is 11.1 Å². The van der Waals surface area contributed by atoms with E-state index in [-0.39, 0.29) is 55.7 Å². The normalized spacial score (nSPS) is 10.4. The zero-order chi connectivity index (χ0) is 27.4. The highest BCUT2D eigenvalue weighted by molar-refractivity contribution is 6.15. The number of rotatable bonds is 8. The van der Waals surface area contributed by atoms with Gasteiger partial charge >= 0.3 is 23.9 Å². The van der Waals surface area contributed by atoms with Crippen molar-refractivity contribution in [2.75, 3.05) is 0 Å². The molecule has 188 valence electrons. The summed E-state index contributed by atoms with van der Waals surface area (Å²) < 4.78 is 0. The van der Waals surface area contributed by atoms with Crippen molar-refractivity contribution in [2.24, 2.45) is 0 Å². The van der Waals surface area contributed by atoms with Gasteiger partial charge in [-0.15, -0.1) is 0 Å². The molecule has 0 aliphatic carbocycles. The van der Waals surface area contributed by atoms with Gasteiger partial charge in [0.25, 0.3) is 0 Å². The van der Waals surface area contributed by atoms with Crippen LogP contribution in [0.3, 0.4) is 0 Å². The Labute approximate surface area is 216 Å². The Bertz CT molecular complexity index is 1390. The van der Waals surface area contributed by atoms with Crippen molar-refractivity contribution < 1.29 is 39.6 Å². The minimum absolute atomic E-state index is 0.0587. The molecule has 0 amide bonds. The highest BCUT2D eigenvalue weighted by atomic mass is 16.4. The van der Waals surface area contributed by atoms with Crippen LogP contribution in [-0.4, -0.2) is 44.3 Å². The van der Waals surface area contributed by atoms with Crippen LogP contribution in [0, 0.1) is 0 Å². The molecule has 0 saturated carbocycles. The summed E-state index contributed by atoms with van der Waals surface area (Å²) in [5.41, 5.74) is -0.253. The van der Waals surface area contributed by atoms with Crippen LogP contribution in [0.15, 0.2) is 97.1 Å². The molecule has 0 aromatic heterocycles. The van der Waals surface area contributed by atoms with E-state index in [0.717, 1.165) is 0 Å². The quantitative estimate of drug-likeness (QED) is 0.228. The van der Waals surface area contributed by atoms with Crippen LogP contribution in [0.2, 0.25) is 0 Å². The van der Waals surface area contributed by atoms with Crippen LogP contribution < -0.4 is 0 Å². The second kappa shape index (κ2) is 10.6. The molecule has 0 saturated heterocycles. The molecule has 0 heterocycles. The average molecular weight is 508 g/mol. The Kier molecular flexibility index (Phi) is 7.16. The molecule has 4 aromatic rings. The molecule has 0 unspecified atom stereocenters.